The maximum absolute atomic E-state index is 11.9. The predicted octanol–water partition coefficient (Wildman–Crippen LogP) is 1.25. The first-order valence-electron chi connectivity index (χ1n) is 10.6. The van der Waals surface area contributed by atoms with E-state index < -0.39 is 24.0 Å². The molecule has 0 heterocycles. The first kappa shape index (κ1) is 25.5. The first-order valence-corrected chi connectivity index (χ1v) is 10.6. The molecule has 0 radical (unpaired) electrons. The van der Waals surface area contributed by atoms with Crippen molar-refractivity contribution in [2.45, 2.75) is 24.9 Å². The van der Waals surface area contributed by atoms with E-state index in [1.807, 2.05) is 60.7 Å². The summed E-state index contributed by atoms with van der Waals surface area (Å²) in [5.41, 5.74) is 13.7. The summed E-state index contributed by atoms with van der Waals surface area (Å²) >= 11 is 0. The number of esters is 2. The van der Waals surface area contributed by atoms with Crippen LogP contribution in [0.5, 0.6) is 0 Å². The predicted molar refractivity (Wildman–Crippen MR) is 120 cm³/mol. The highest BCUT2D eigenvalue weighted by molar-refractivity contribution is 5.76. The first-order chi connectivity index (χ1) is 15.6. The van der Waals surface area contributed by atoms with Gasteiger partial charge in [-0.25, -0.2) is 0 Å². The minimum atomic E-state index is -0.704. The van der Waals surface area contributed by atoms with Gasteiger partial charge in [0.1, 0.15) is 25.3 Å². The molecular formula is C24H32N2O6. The third-order valence-corrected chi connectivity index (χ3v) is 4.52. The topological polar surface area (TPSA) is 123 Å². The quantitative estimate of drug-likeness (QED) is 0.311. The highest BCUT2D eigenvalue weighted by atomic mass is 16.6. The van der Waals surface area contributed by atoms with Crippen molar-refractivity contribution in [1.29, 1.82) is 0 Å². The van der Waals surface area contributed by atoms with Gasteiger partial charge in [-0.05, 0) is 24.0 Å². The number of benzene rings is 2. The molecule has 0 amide bonds. The minimum Gasteiger partial charge on any atom is -0.462 e. The molecule has 0 spiro atoms. The van der Waals surface area contributed by atoms with Gasteiger partial charge in [-0.3, -0.25) is 9.59 Å². The lowest BCUT2D eigenvalue weighted by Gasteiger charge is -2.12. The van der Waals surface area contributed by atoms with Crippen LogP contribution < -0.4 is 11.5 Å². The summed E-state index contributed by atoms with van der Waals surface area (Å²) in [7, 11) is 0. The molecule has 0 fully saturated rings. The smallest absolute Gasteiger partial charge is 0.323 e. The van der Waals surface area contributed by atoms with Gasteiger partial charge in [-0.1, -0.05) is 60.7 Å². The van der Waals surface area contributed by atoms with Gasteiger partial charge in [0, 0.05) is 0 Å². The van der Waals surface area contributed by atoms with Crippen molar-refractivity contribution in [2.75, 3.05) is 39.6 Å². The standard InChI is InChI=1S/C24H32N2O6/c25-21(17-19-7-3-1-4-8-19)23(27)31-15-13-29-11-12-30-14-16-32-24(28)22(26)18-20-9-5-2-6-10-20/h1-10,21-22H,11-18,25-26H2/t21-,22-/m0/s1. The fraction of sp³-hybridized carbons (Fsp3) is 0.417. The zero-order valence-corrected chi connectivity index (χ0v) is 18.2. The van der Waals surface area contributed by atoms with Gasteiger partial charge in [0.15, 0.2) is 0 Å². The second-order valence-corrected chi connectivity index (χ2v) is 7.15. The molecule has 0 aliphatic rings. The fourth-order valence-electron chi connectivity index (χ4n) is 2.84. The van der Waals surface area contributed by atoms with Crippen molar-refractivity contribution >= 4 is 11.9 Å². The lowest BCUT2D eigenvalue weighted by atomic mass is 10.1. The van der Waals surface area contributed by atoms with Gasteiger partial charge < -0.3 is 30.4 Å². The third-order valence-electron chi connectivity index (χ3n) is 4.52. The Kier molecular flexibility index (Phi) is 12.0. The van der Waals surface area contributed by atoms with E-state index in [1.54, 1.807) is 0 Å². The average molecular weight is 445 g/mol. The Bertz CT molecular complexity index is 720. The molecule has 0 saturated carbocycles. The van der Waals surface area contributed by atoms with Crippen LogP contribution in [0, 0.1) is 0 Å². The van der Waals surface area contributed by atoms with Crippen LogP contribution in [-0.4, -0.2) is 63.7 Å². The number of carbonyl (C=O) groups is 2. The molecule has 0 saturated heterocycles. The number of hydrogen-bond donors (Lipinski definition) is 2. The van der Waals surface area contributed by atoms with E-state index >= 15 is 0 Å². The highest BCUT2D eigenvalue weighted by Gasteiger charge is 2.16. The lowest BCUT2D eigenvalue weighted by Crippen LogP contribution is -2.35. The molecule has 0 unspecified atom stereocenters. The average Bonchev–Trinajstić information content (AvgIpc) is 2.81. The molecular weight excluding hydrogens is 412 g/mol. The molecule has 32 heavy (non-hydrogen) atoms. The van der Waals surface area contributed by atoms with Crippen LogP contribution in [0.3, 0.4) is 0 Å². The molecule has 8 nitrogen and oxygen atoms in total. The van der Waals surface area contributed by atoms with Gasteiger partial charge in [0.2, 0.25) is 0 Å². The number of ether oxygens (including phenoxy) is 4. The molecule has 0 aromatic heterocycles. The summed E-state index contributed by atoms with van der Waals surface area (Å²) in [5, 5.41) is 0. The highest BCUT2D eigenvalue weighted by Crippen LogP contribution is 2.04. The summed E-state index contributed by atoms with van der Waals surface area (Å²) in [6.07, 6.45) is 0.853. The van der Waals surface area contributed by atoms with E-state index in [9.17, 15) is 9.59 Å². The summed E-state index contributed by atoms with van der Waals surface area (Å²) in [6.45, 7) is 1.40. The molecule has 0 aliphatic carbocycles. The van der Waals surface area contributed by atoms with Gasteiger partial charge >= 0.3 is 11.9 Å². The van der Waals surface area contributed by atoms with Crippen molar-refractivity contribution in [1.82, 2.24) is 0 Å². The van der Waals surface area contributed by atoms with Crippen molar-refractivity contribution < 1.29 is 28.5 Å². The van der Waals surface area contributed by atoms with Crippen molar-refractivity contribution in [3.8, 4) is 0 Å². The minimum absolute atomic E-state index is 0.123. The van der Waals surface area contributed by atoms with Crippen molar-refractivity contribution in [3.05, 3.63) is 71.8 Å². The molecule has 2 aromatic carbocycles. The van der Waals surface area contributed by atoms with Crippen LogP contribution >= 0.6 is 0 Å². The zero-order valence-electron chi connectivity index (χ0n) is 18.2. The van der Waals surface area contributed by atoms with Crippen LogP contribution in [-0.2, 0) is 41.4 Å². The van der Waals surface area contributed by atoms with Gasteiger partial charge in [-0.2, -0.15) is 0 Å². The van der Waals surface area contributed by atoms with Crippen molar-refractivity contribution in [3.63, 3.8) is 0 Å². The molecule has 0 bridgehead atoms. The lowest BCUT2D eigenvalue weighted by molar-refractivity contribution is -0.148. The number of nitrogens with two attached hydrogens (primary N) is 2. The van der Waals surface area contributed by atoms with Crippen LogP contribution in [0.1, 0.15) is 11.1 Å². The normalized spacial score (nSPS) is 12.7. The molecule has 8 heteroatoms. The Labute approximate surface area is 188 Å². The Balaban J connectivity index is 1.42. The largest absolute Gasteiger partial charge is 0.462 e. The van der Waals surface area contributed by atoms with E-state index in [2.05, 4.69) is 0 Å². The summed E-state index contributed by atoms with van der Waals surface area (Å²) in [4.78, 5) is 23.8. The Morgan fingerprint density at radius 2 is 0.938 bits per heavy atom. The molecule has 2 atom stereocenters. The Morgan fingerprint density at radius 1 is 0.594 bits per heavy atom. The molecule has 2 aromatic rings. The number of hydrogen-bond acceptors (Lipinski definition) is 8. The molecule has 4 N–H and O–H groups in total. The maximum atomic E-state index is 11.9. The van der Waals surface area contributed by atoms with Crippen LogP contribution in [0.4, 0.5) is 0 Å². The van der Waals surface area contributed by atoms with Gasteiger partial charge in [-0.15, -0.1) is 0 Å². The van der Waals surface area contributed by atoms with Crippen LogP contribution in [0.15, 0.2) is 60.7 Å². The van der Waals surface area contributed by atoms with Gasteiger partial charge in [0.25, 0.3) is 0 Å². The van der Waals surface area contributed by atoms with Gasteiger partial charge in [0.05, 0.1) is 26.4 Å². The van der Waals surface area contributed by atoms with E-state index in [0.717, 1.165) is 11.1 Å². The van der Waals surface area contributed by atoms with E-state index in [4.69, 9.17) is 30.4 Å². The molecule has 2 rings (SSSR count). The molecule has 0 aliphatic heterocycles. The van der Waals surface area contributed by atoms with E-state index in [-0.39, 0.29) is 26.4 Å². The van der Waals surface area contributed by atoms with Crippen LogP contribution in [0.2, 0.25) is 0 Å². The SMILES string of the molecule is N[C@@H](Cc1ccccc1)C(=O)OCCOCCOCCOC(=O)[C@@H](N)Cc1ccccc1. The third kappa shape index (κ3) is 10.5. The monoisotopic (exact) mass is 444 g/mol. The summed E-state index contributed by atoms with van der Waals surface area (Å²) in [5.74, 6) is -0.915. The van der Waals surface area contributed by atoms with E-state index in [0.29, 0.717) is 26.1 Å². The Morgan fingerprint density at radius 3 is 1.31 bits per heavy atom. The summed E-state index contributed by atoms with van der Waals surface area (Å²) in [6, 6.07) is 17.6. The maximum Gasteiger partial charge on any atom is 0.323 e. The van der Waals surface area contributed by atoms with Crippen molar-refractivity contribution in [2.24, 2.45) is 11.5 Å². The zero-order chi connectivity index (χ0) is 23.0. The number of carbonyl (C=O) groups excluding carboxylic acids is 2. The summed E-state index contributed by atoms with van der Waals surface area (Å²) < 4.78 is 20.9. The fourth-order valence-corrected chi connectivity index (χ4v) is 2.84. The second-order valence-electron chi connectivity index (χ2n) is 7.15. The number of rotatable bonds is 15. The Hall–Kier alpha value is -2.78. The van der Waals surface area contributed by atoms with Crippen LogP contribution in [0.25, 0.3) is 0 Å². The second kappa shape index (κ2) is 15.1. The molecule has 174 valence electrons. The van der Waals surface area contributed by atoms with E-state index in [1.165, 1.54) is 0 Å².